The molecular weight excluding hydrogens is 437 g/mol. The van der Waals surface area contributed by atoms with Crippen molar-refractivity contribution >= 4 is 23.4 Å². The molecule has 184 valence electrons. The third kappa shape index (κ3) is 3.54. The molecule has 3 heterocycles. The molecule has 3 aliphatic heterocycles. The topological polar surface area (TPSA) is 87.7 Å². The summed E-state index contributed by atoms with van der Waals surface area (Å²) in [6.45, 7) is 13.1. The van der Waals surface area contributed by atoms with Gasteiger partial charge in [-0.05, 0) is 60.1 Å². The molecule has 2 bridgehead atoms. The molecule has 1 aromatic rings. The van der Waals surface area contributed by atoms with Crippen molar-refractivity contribution in [1.82, 2.24) is 10.2 Å². The average Bonchev–Trinajstić information content (AvgIpc) is 3.29. The minimum Gasteiger partial charge on any atom is -0.356 e. The van der Waals surface area contributed by atoms with Crippen LogP contribution in [0.4, 0.5) is 10.1 Å². The van der Waals surface area contributed by atoms with E-state index in [2.05, 4.69) is 10.6 Å². The molecule has 0 saturated carbocycles. The van der Waals surface area contributed by atoms with Gasteiger partial charge in [0, 0.05) is 11.1 Å². The molecule has 4 rings (SSSR count). The summed E-state index contributed by atoms with van der Waals surface area (Å²) in [5, 5.41) is 5.65. The zero-order valence-corrected chi connectivity index (χ0v) is 20.9. The van der Waals surface area contributed by atoms with Gasteiger partial charge < -0.3 is 20.3 Å². The normalized spacial score (nSPS) is 32.2. The molecule has 1 spiro atoms. The van der Waals surface area contributed by atoms with E-state index in [0.717, 1.165) is 0 Å². The molecule has 5 atom stereocenters. The van der Waals surface area contributed by atoms with E-state index in [-0.39, 0.29) is 17.5 Å². The summed E-state index contributed by atoms with van der Waals surface area (Å²) >= 11 is 0. The Kier molecular flexibility index (Phi) is 5.47. The molecular formula is C26H34FN3O4. The number of carbonyl (C=O) groups excluding carboxylic acids is 3. The summed E-state index contributed by atoms with van der Waals surface area (Å²) in [5.41, 5.74) is -3.53. The quantitative estimate of drug-likeness (QED) is 0.645. The second kappa shape index (κ2) is 7.63. The van der Waals surface area contributed by atoms with Gasteiger partial charge in [-0.15, -0.1) is 0 Å². The van der Waals surface area contributed by atoms with Gasteiger partial charge in [0.25, 0.3) is 0 Å². The standard InChI is InChI=1S/C26H34FN3O4/c1-8-24(5,6)30-19(21(32)29-23(2,3)4)26-14-13-25(7,34-26)17(18(26)22(30)33)20(31)28-16-12-10-9-11-15(16)27/h9-14,17-19H,8H2,1-7H3,(H,28,31)(H,29,32)/t17-,18+,19+,25+,26+/m0/s1. The number of nitrogens with zero attached hydrogens (tertiary/aromatic N) is 1. The van der Waals surface area contributed by atoms with E-state index in [1.54, 1.807) is 30.0 Å². The Labute approximate surface area is 200 Å². The Bertz CT molecular complexity index is 1080. The number of hydrogen-bond donors (Lipinski definition) is 2. The van der Waals surface area contributed by atoms with Crippen molar-refractivity contribution in [2.24, 2.45) is 11.8 Å². The van der Waals surface area contributed by atoms with E-state index in [1.807, 2.05) is 41.5 Å². The fourth-order valence-electron chi connectivity index (χ4n) is 5.56. The number of hydrogen-bond acceptors (Lipinski definition) is 4. The molecule has 8 heteroatoms. The number of para-hydroxylation sites is 1. The number of benzene rings is 1. The maximum Gasteiger partial charge on any atom is 0.246 e. The monoisotopic (exact) mass is 471 g/mol. The van der Waals surface area contributed by atoms with Crippen molar-refractivity contribution < 1.29 is 23.5 Å². The van der Waals surface area contributed by atoms with Gasteiger partial charge in [0.1, 0.15) is 17.5 Å². The third-order valence-electron chi connectivity index (χ3n) is 7.38. The summed E-state index contributed by atoms with van der Waals surface area (Å²) in [7, 11) is 0. The predicted molar refractivity (Wildman–Crippen MR) is 126 cm³/mol. The van der Waals surface area contributed by atoms with Gasteiger partial charge in [-0.2, -0.15) is 0 Å². The smallest absolute Gasteiger partial charge is 0.246 e. The Morgan fingerprint density at radius 2 is 1.76 bits per heavy atom. The molecule has 0 aliphatic carbocycles. The molecule has 0 unspecified atom stereocenters. The lowest BCUT2D eigenvalue weighted by Gasteiger charge is -2.42. The van der Waals surface area contributed by atoms with Gasteiger partial charge in [-0.25, -0.2) is 4.39 Å². The van der Waals surface area contributed by atoms with Crippen molar-refractivity contribution in [3.8, 4) is 0 Å². The average molecular weight is 472 g/mol. The minimum atomic E-state index is -1.29. The van der Waals surface area contributed by atoms with Crippen LogP contribution in [0.15, 0.2) is 36.4 Å². The highest BCUT2D eigenvalue weighted by molar-refractivity contribution is 6.03. The summed E-state index contributed by atoms with van der Waals surface area (Å²) < 4.78 is 20.7. The highest BCUT2D eigenvalue weighted by Gasteiger charge is 2.77. The van der Waals surface area contributed by atoms with Crippen LogP contribution in [0.3, 0.4) is 0 Å². The third-order valence-corrected chi connectivity index (χ3v) is 7.38. The zero-order chi connectivity index (χ0) is 25.3. The predicted octanol–water partition coefficient (Wildman–Crippen LogP) is 3.41. The number of rotatable bonds is 5. The van der Waals surface area contributed by atoms with Gasteiger partial charge >= 0.3 is 0 Å². The summed E-state index contributed by atoms with van der Waals surface area (Å²) in [6, 6.07) is 4.95. The molecule has 34 heavy (non-hydrogen) atoms. The number of ether oxygens (including phenoxy) is 1. The summed E-state index contributed by atoms with van der Waals surface area (Å²) in [5.74, 6) is -3.54. The maximum absolute atomic E-state index is 14.3. The highest BCUT2D eigenvalue weighted by atomic mass is 19.1. The number of amides is 3. The van der Waals surface area contributed by atoms with Crippen molar-refractivity contribution in [2.75, 3.05) is 5.32 Å². The number of likely N-dealkylation sites (tertiary alicyclic amines) is 1. The van der Waals surface area contributed by atoms with Gasteiger partial charge in [0.15, 0.2) is 0 Å². The highest BCUT2D eigenvalue weighted by Crippen LogP contribution is 2.61. The van der Waals surface area contributed by atoms with Crippen LogP contribution < -0.4 is 10.6 Å². The van der Waals surface area contributed by atoms with Crippen LogP contribution in [0, 0.1) is 17.7 Å². The molecule has 0 radical (unpaired) electrons. The van der Waals surface area contributed by atoms with Crippen molar-refractivity contribution in [2.45, 2.75) is 83.2 Å². The van der Waals surface area contributed by atoms with Gasteiger partial charge in [0.2, 0.25) is 17.7 Å². The molecule has 7 nitrogen and oxygen atoms in total. The first kappa shape index (κ1) is 24.4. The fourth-order valence-corrected chi connectivity index (χ4v) is 5.56. The largest absolute Gasteiger partial charge is 0.356 e. The molecule has 0 aromatic heterocycles. The Balaban J connectivity index is 1.79. The van der Waals surface area contributed by atoms with E-state index >= 15 is 0 Å². The number of nitrogens with one attached hydrogen (secondary N) is 2. The molecule has 2 saturated heterocycles. The first-order chi connectivity index (χ1) is 15.7. The molecule has 2 fully saturated rings. The Morgan fingerprint density at radius 3 is 2.35 bits per heavy atom. The maximum atomic E-state index is 14.3. The van der Waals surface area contributed by atoms with E-state index in [0.29, 0.717) is 6.42 Å². The van der Waals surface area contributed by atoms with Gasteiger partial charge in [-0.1, -0.05) is 31.2 Å². The Morgan fingerprint density at radius 1 is 1.12 bits per heavy atom. The second-order valence-corrected chi connectivity index (χ2v) is 11.4. The number of fused-ring (bicyclic) bond motifs is 1. The lowest BCUT2D eigenvalue weighted by molar-refractivity contribution is -0.151. The SMILES string of the molecule is CCC(C)(C)N1C(=O)[C@H]2[C@@H](C(=O)Nc3ccccc3F)[C@@]3(C)C=C[C@]2(O3)[C@H]1C(=O)NC(C)(C)C. The summed E-state index contributed by atoms with van der Waals surface area (Å²) in [4.78, 5) is 42.8. The number of carbonyl (C=O) groups is 3. The van der Waals surface area contributed by atoms with E-state index in [9.17, 15) is 18.8 Å². The lowest BCUT2D eigenvalue weighted by Crippen LogP contribution is -2.62. The van der Waals surface area contributed by atoms with Crippen LogP contribution in [-0.4, -0.2) is 50.9 Å². The van der Waals surface area contributed by atoms with Crippen molar-refractivity contribution in [3.05, 3.63) is 42.2 Å². The number of anilines is 1. The molecule has 3 amide bonds. The van der Waals surface area contributed by atoms with E-state index < -0.39 is 51.9 Å². The van der Waals surface area contributed by atoms with Crippen LogP contribution in [0.25, 0.3) is 0 Å². The van der Waals surface area contributed by atoms with Crippen LogP contribution in [-0.2, 0) is 19.1 Å². The summed E-state index contributed by atoms with van der Waals surface area (Å²) in [6.07, 6.45) is 4.15. The van der Waals surface area contributed by atoms with Gasteiger partial charge in [0.05, 0.1) is 23.1 Å². The van der Waals surface area contributed by atoms with Crippen LogP contribution in [0.2, 0.25) is 0 Å². The van der Waals surface area contributed by atoms with Crippen molar-refractivity contribution in [3.63, 3.8) is 0 Å². The first-order valence-corrected chi connectivity index (χ1v) is 11.8. The first-order valence-electron chi connectivity index (χ1n) is 11.8. The van der Waals surface area contributed by atoms with Gasteiger partial charge in [-0.3, -0.25) is 14.4 Å². The second-order valence-electron chi connectivity index (χ2n) is 11.4. The Hall–Kier alpha value is -2.74. The van der Waals surface area contributed by atoms with Crippen LogP contribution in [0.5, 0.6) is 0 Å². The molecule has 2 N–H and O–H groups in total. The van der Waals surface area contributed by atoms with Crippen LogP contribution in [0.1, 0.15) is 54.9 Å². The van der Waals surface area contributed by atoms with E-state index in [4.69, 9.17) is 4.74 Å². The van der Waals surface area contributed by atoms with E-state index in [1.165, 1.54) is 18.2 Å². The molecule has 1 aromatic carbocycles. The zero-order valence-electron chi connectivity index (χ0n) is 20.9. The lowest BCUT2D eigenvalue weighted by atomic mass is 9.70. The number of halogens is 1. The molecule has 3 aliphatic rings. The fraction of sp³-hybridized carbons (Fsp3) is 0.577. The van der Waals surface area contributed by atoms with Crippen molar-refractivity contribution in [1.29, 1.82) is 0 Å². The minimum absolute atomic E-state index is 0.0371. The van der Waals surface area contributed by atoms with Crippen LogP contribution >= 0.6 is 0 Å².